The smallest absolute Gasteiger partial charge is 0.288 e. The number of hydrogen-bond acceptors (Lipinski definition) is 6. The first kappa shape index (κ1) is 13.3. The monoisotopic (exact) mass is 279 g/mol. The minimum absolute atomic E-state index is 0. The van der Waals surface area contributed by atoms with Crippen LogP contribution in [0.25, 0.3) is 0 Å². The second-order valence-corrected chi connectivity index (χ2v) is 5.45. The molecule has 0 fully saturated rings. The number of fused-ring (bicyclic) bond motifs is 1. The van der Waals surface area contributed by atoms with Crippen LogP contribution in [0.15, 0.2) is 27.8 Å². The molecule has 0 atom stereocenters. The van der Waals surface area contributed by atoms with Crippen molar-refractivity contribution in [2.45, 2.75) is 4.90 Å². The van der Waals surface area contributed by atoms with E-state index in [0.717, 1.165) is 0 Å². The normalized spacial score (nSPS) is 17.1. The van der Waals surface area contributed by atoms with Gasteiger partial charge in [-0.15, -0.1) is 4.40 Å². The van der Waals surface area contributed by atoms with Crippen molar-refractivity contribution in [3.8, 4) is 0 Å². The summed E-state index contributed by atoms with van der Waals surface area (Å²) < 4.78 is 28.4. The molecule has 0 unspecified atom stereocenters. The molecule has 9 heteroatoms. The Hall–Kier alpha value is -0.770. The third-order valence-electron chi connectivity index (χ3n) is 1.83. The zero-order chi connectivity index (χ0) is 11.1. The molecule has 0 saturated carbocycles. The summed E-state index contributed by atoms with van der Waals surface area (Å²) in [5.41, 5.74) is 0.479. The van der Waals surface area contributed by atoms with Crippen molar-refractivity contribution in [2.75, 3.05) is 10.6 Å². The Labute approximate surface area is 103 Å². The van der Waals surface area contributed by atoms with E-state index in [-0.39, 0.29) is 10.4 Å². The molecule has 2 rings (SSSR count). The van der Waals surface area contributed by atoms with Gasteiger partial charge in [0.15, 0.2) is 5.17 Å². The number of pyridine rings is 1. The van der Waals surface area contributed by atoms with Gasteiger partial charge in [0.25, 0.3) is 10.0 Å². The molecule has 2 heterocycles. The first-order valence-electron chi connectivity index (χ1n) is 3.88. The first-order chi connectivity index (χ1) is 7.06. The van der Waals surface area contributed by atoms with E-state index in [9.17, 15) is 8.42 Å². The second kappa shape index (κ2) is 4.62. The minimum Gasteiger partial charge on any atom is -0.412 e. The maximum absolute atomic E-state index is 11.7. The number of sulfonamides is 1. The van der Waals surface area contributed by atoms with Gasteiger partial charge in [-0.3, -0.25) is 9.29 Å². The highest BCUT2D eigenvalue weighted by Gasteiger charge is 2.29. The molecule has 0 saturated heterocycles. The summed E-state index contributed by atoms with van der Waals surface area (Å²) in [7, 11) is -3.62. The highest BCUT2D eigenvalue weighted by atomic mass is 32.2. The van der Waals surface area contributed by atoms with Gasteiger partial charge in [0.1, 0.15) is 4.90 Å². The Morgan fingerprint density at radius 3 is 2.81 bits per heavy atom. The van der Waals surface area contributed by atoms with E-state index in [2.05, 4.69) is 22.2 Å². The van der Waals surface area contributed by atoms with E-state index < -0.39 is 10.0 Å². The number of aromatic nitrogens is 1. The summed E-state index contributed by atoms with van der Waals surface area (Å²) in [6, 6.07) is 1.59. The standard InChI is InChI=1S/C7H7N3O2S3.H2O/c1-14-7-9-15(11,12)6-4-8-3-2-5(6)10(7)13;/h2-4,13H,1H3;1H2. The molecule has 16 heavy (non-hydrogen) atoms. The number of nitrogens with zero attached hydrogens (tertiary/aromatic N) is 3. The van der Waals surface area contributed by atoms with Gasteiger partial charge in [-0.1, -0.05) is 24.6 Å². The van der Waals surface area contributed by atoms with Crippen molar-refractivity contribution in [3.05, 3.63) is 18.5 Å². The molecule has 0 aromatic carbocycles. The lowest BCUT2D eigenvalue weighted by Gasteiger charge is -2.23. The third kappa shape index (κ3) is 2.03. The Bertz CT molecular complexity index is 529. The number of thiol groups is 1. The van der Waals surface area contributed by atoms with E-state index in [4.69, 9.17) is 0 Å². The van der Waals surface area contributed by atoms with Crippen molar-refractivity contribution in [1.82, 2.24) is 4.98 Å². The van der Waals surface area contributed by atoms with Crippen LogP contribution < -0.4 is 4.31 Å². The summed E-state index contributed by atoms with van der Waals surface area (Å²) >= 11 is 5.40. The molecule has 6 nitrogen and oxygen atoms in total. The number of anilines is 1. The molecule has 88 valence electrons. The van der Waals surface area contributed by atoms with Gasteiger partial charge < -0.3 is 5.48 Å². The van der Waals surface area contributed by atoms with Gasteiger partial charge in [0.05, 0.1) is 5.69 Å². The Morgan fingerprint density at radius 2 is 2.19 bits per heavy atom. The zero-order valence-corrected chi connectivity index (χ0v) is 10.7. The zero-order valence-electron chi connectivity index (χ0n) is 8.15. The average molecular weight is 279 g/mol. The maximum Gasteiger partial charge on any atom is 0.288 e. The van der Waals surface area contributed by atoms with Crippen LogP contribution in [0.3, 0.4) is 0 Å². The van der Waals surface area contributed by atoms with Gasteiger partial charge in [0.2, 0.25) is 0 Å². The van der Waals surface area contributed by atoms with Gasteiger partial charge >= 0.3 is 0 Å². The Kier molecular flexibility index (Phi) is 3.84. The second-order valence-electron chi connectivity index (χ2n) is 2.71. The molecule has 1 aliphatic heterocycles. The number of thioether (sulfide) groups is 1. The largest absolute Gasteiger partial charge is 0.412 e. The summed E-state index contributed by atoms with van der Waals surface area (Å²) in [5.74, 6) is 0. The SMILES string of the molecule is CSC1=NS(=O)(=O)c2cnccc2N1S.O. The van der Waals surface area contributed by atoms with Crippen LogP contribution in [0.1, 0.15) is 0 Å². The molecule has 1 aliphatic rings. The Balaban J connectivity index is 0.00000128. The molecule has 2 N–H and O–H groups in total. The van der Waals surface area contributed by atoms with Crippen molar-refractivity contribution < 1.29 is 13.9 Å². The lowest BCUT2D eigenvalue weighted by molar-refractivity contribution is 0.597. The molecule has 0 amide bonds. The molecule has 0 radical (unpaired) electrons. The number of rotatable bonds is 0. The van der Waals surface area contributed by atoms with E-state index in [0.29, 0.717) is 10.9 Å². The molecule has 1 aromatic rings. The summed E-state index contributed by atoms with van der Waals surface area (Å²) in [6.45, 7) is 0. The van der Waals surface area contributed by atoms with Gasteiger partial charge in [-0.2, -0.15) is 8.42 Å². The molecular formula is C7H9N3O3S3. The fourth-order valence-corrected chi connectivity index (χ4v) is 3.62. The third-order valence-corrected chi connectivity index (χ3v) is 4.41. The fourth-order valence-electron chi connectivity index (χ4n) is 1.16. The van der Waals surface area contributed by atoms with Crippen molar-refractivity contribution in [2.24, 2.45) is 4.40 Å². The van der Waals surface area contributed by atoms with Gasteiger partial charge in [-0.05, 0) is 12.3 Å². The molecule has 1 aromatic heterocycles. The first-order valence-corrected chi connectivity index (χ1v) is 6.95. The quantitative estimate of drug-likeness (QED) is 0.691. The van der Waals surface area contributed by atoms with Crippen LogP contribution in [-0.2, 0) is 10.0 Å². The predicted octanol–water partition coefficient (Wildman–Crippen LogP) is 0.329. The number of amidine groups is 1. The number of hydrogen-bond donors (Lipinski definition) is 1. The van der Waals surface area contributed by atoms with Crippen molar-refractivity contribution in [3.63, 3.8) is 0 Å². The van der Waals surface area contributed by atoms with Crippen LogP contribution in [0, 0.1) is 0 Å². The van der Waals surface area contributed by atoms with Gasteiger partial charge in [0, 0.05) is 12.4 Å². The maximum atomic E-state index is 11.7. The van der Waals surface area contributed by atoms with E-state index >= 15 is 0 Å². The van der Waals surface area contributed by atoms with Gasteiger partial charge in [-0.25, -0.2) is 0 Å². The van der Waals surface area contributed by atoms with E-state index in [1.165, 1.54) is 28.5 Å². The van der Waals surface area contributed by atoms with Crippen LogP contribution in [0.4, 0.5) is 5.69 Å². The molecular weight excluding hydrogens is 270 g/mol. The van der Waals surface area contributed by atoms with Crippen LogP contribution in [0.5, 0.6) is 0 Å². The van der Waals surface area contributed by atoms with E-state index in [1.807, 2.05) is 0 Å². The van der Waals surface area contributed by atoms with Crippen LogP contribution in [0.2, 0.25) is 0 Å². The topological polar surface area (TPSA) is 94.1 Å². The lowest BCUT2D eigenvalue weighted by Crippen LogP contribution is -2.25. The highest BCUT2D eigenvalue weighted by molar-refractivity contribution is 8.15. The van der Waals surface area contributed by atoms with E-state index in [1.54, 1.807) is 12.3 Å². The molecule has 0 bridgehead atoms. The van der Waals surface area contributed by atoms with Crippen LogP contribution in [-0.4, -0.2) is 30.3 Å². The highest BCUT2D eigenvalue weighted by Crippen LogP contribution is 2.33. The minimum atomic E-state index is -3.62. The predicted molar refractivity (Wildman–Crippen MR) is 67.5 cm³/mol. The lowest BCUT2D eigenvalue weighted by atomic mass is 10.4. The van der Waals surface area contributed by atoms with Crippen molar-refractivity contribution in [1.29, 1.82) is 0 Å². The fraction of sp³-hybridized carbons (Fsp3) is 0.143. The summed E-state index contributed by atoms with van der Waals surface area (Å²) in [4.78, 5) is 3.84. The van der Waals surface area contributed by atoms with Crippen LogP contribution >= 0.6 is 24.6 Å². The molecule has 0 spiro atoms. The average Bonchev–Trinajstić information content (AvgIpc) is 2.24. The summed E-state index contributed by atoms with van der Waals surface area (Å²) in [5, 5.41) is 0.331. The molecule has 0 aliphatic carbocycles. The Morgan fingerprint density at radius 1 is 1.50 bits per heavy atom. The van der Waals surface area contributed by atoms with Crippen molar-refractivity contribution >= 4 is 45.5 Å². The summed E-state index contributed by atoms with van der Waals surface area (Å²) in [6.07, 6.45) is 4.53.